The number of ether oxygens (including phenoxy) is 2. The van der Waals surface area contributed by atoms with Crippen molar-refractivity contribution in [1.29, 1.82) is 0 Å². The summed E-state index contributed by atoms with van der Waals surface area (Å²) < 4.78 is 10.2. The number of piperazine rings is 1. The van der Waals surface area contributed by atoms with Crippen molar-refractivity contribution in [2.45, 2.75) is 39.3 Å². The maximum atomic E-state index is 12.3. The molecule has 0 unspecified atom stereocenters. The third-order valence-corrected chi connectivity index (χ3v) is 4.06. The fraction of sp³-hybridized carbons (Fsp3) is 0.556. The SMILES string of the molecule is COC(=O)c1cc(N2CCN(C(=O)OC(C)(C)C)[C@@H](C)C2)ccc1N. The second-order valence-electron chi connectivity index (χ2n) is 7.23. The molecule has 0 aliphatic carbocycles. The van der Waals surface area contributed by atoms with E-state index in [-0.39, 0.29) is 12.1 Å². The molecule has 1 aromatic rings. The summed E-state index contributed by atoms with van der Waals surface area (Å²) in [5, 5.41) is 0. The molecule has 0 spiro atoms. The molecule has 1 heterocycles. The Morgan fingerprint density at radius 1 is 1.24 bits per heavy atom. The zero-order valence-corrected chi connectivity index (χ0v) is 15.5. The summed E-state index contributed by atoms with van der Waals surface area (Å²) in [6.45, 7) is 9.39. The van der Waals surface area contributed by atoms with E-state index in [2.05, 4.69) is 4.90 Å². The van der Waals surface area contributed by atoms with Gasteiger partial charge >= 0.3 is 12.1 Å². The van der Waals surface area contributed by atoms with Crippen LogP contribution >= 0.6 is 0 Å². The normalized spacial score (nSPS) is 18.0. The first-order valence-corrected chi connectivity index (χ1v) is 8.35. The van der Waals surface area contributed by atoms with Crippen LogP contribution in [0.15, 0.2) is 18.2 Å². The number of hydrogen-bond acceptors (Lipinski definition) is 6. The molecule has 25 heavy (non-hydrogen) atoms. The minimum absolute atomic E-state index is 0.0114. The average molecular weight is 349 g/mol. The molecule has 138 valence electrons. The van der Waals surface area contributed by atoms with Crippen LogP contribution in [-0.2, 0) is 9.47 Å². The summed E-state index contributed by atoms with van der Waals surface area (Å²) in [5.74, 6) is -0.459. The minimum atomic E-state index is -0.514. The van der Waals surface area contributed by atoms with Gasteiger partial charge in [-0.2, -0.15) is 0 Å². The zero-order chi connectivity index (χ0) is 18.8. The Hall–Kier alpha value is -2.44. The largest absolute Gasteiger partial charge is 0.465 e. The molecule has 2 rings (SSSR count). The van der Waals surface area contributed by atoms with E-state index in [0.29, 0.717) is 30.9 Å². The van der Waals surface area contributed by atoms with Crippen molar-refractivity contribution in [2.24, 2.45) is 0 Å². The maximum absolute atomic E-state index is 12.3. The van der Waals surface area contributed by atoms with E-state index in [1.165, 1.54) is 7.11 Å². The van der Waals surface area contributed by atoms with Gasteiger partial charge in [-0.25, -0.2) is 9.59 Å². The van der Waals surface area contributed by atoms with Crippen molar-refractivity contribution in [1.82, 2.24) is 4.90 Å². The Balaban J connectivity index is 2.10. The number of carbonyl (C=O) groups excluding carboxylic acids is 2. The maximum Gasteiger partial charge on any atom is 0.410 e. The van der Waals surface area contributed by atoms with Crippen LogP contribution in [0.3, 0.4) is 0 Å². The first-order valence-electron chi connectivity index (χ1n) is 8.35. The average Bonchev–Trinajstić information content (AvgIpc) is 2.52. The van der Waals surface area contributed by atoms with Crippen LogP contribution < -0.4 is 10.6 Å². The number of nitrogens with zero attached hydrogens (tertiary/aromatic N) is 2. The van der Waals surface area contributed by atoms with Crippen LogP contribution in [0.25, 0.3) is 0 Å². The number of esters is 1. The van der Waals surface area contributed by atoms with Crippen molar-refractivity contribution >= 4 is 23.4 Å². The Kier molecular flexibility index (Phi) is 5.45. The number of hydrogen-bond donors (Lipinski definition) is 1. The van der Waals surface area contributed by atoms with Crippen LogP contribution in [0.5, 0.6) is 0 Å². The van der Waals surface area contributed by atoms with E-state index in [9.17, 15) is 9.59 Å². The molecule has 0 aromatic heterocycles. The van der Waals surface area contributed by atoms with Gasteiger partial charge in [0, 0.05) is 37.1 Å². The van der Waals surface area contributed by atoms with Gasteiger partial charge in [-0.15, -0.1) is 0 Å². The highest BCUT2D eigenvalue weighted by atomic mass is 16.6. The molecule has 1 atom stereocenters. The predicted octanol–water partition coefficient (Wildman–Crippen LogP) is 2.50. The number of rotatable bonds is 2. The first kappa shape index (κ1) is 18.9. The van der Waals surface area contributed by atoms with Gasteiger partial charge in [-0.1, -0.05) is 0 Å². The van der Waals surface area contributed by atoms with Crippen molar-refractivity contribution < 1.29 is 19.1 Å². The number of anilines is 2. The second kappa shape index (κ2) is 7.21. The Morgan fingerprint density at radius 2 is 1.92 bits per heavy atom. The van der Waals surface area contributed by atoms with Crippen LogP contribution in [0, 0.1) is 0 Å². The van der Waals surface area contributed by atoms with E-state index in [0.717, 1.165) is 5.69 Å². The van der Waals surface area contributed by atoms with Crippen molar-refractivity contribution in [3.05, 3.63) is 23.8 Å². The lowest BCUT2D eigenvalue weighted by Crippen LogP contribution is -2.55. The molecule has 2 N–H and O–H groups in total. The van der Waals surface area contributed by atoms with Gasteiger partial charge in [0.15, 0.2) is 0 Å². The van der Waals surface area contributed by atoms with Gasteiger partial charge in [0.25, 0.3) is 0 Å². The number of carbonyl (C=O) groups is 2. The van der Waals surface area contributed by atoms with Crippen molar-refractivity contribution in [2.75, 3.05) is 37.4 Å². The fourth-order valence-corrected chi connectivity index (χ4v) is 2.81. The summed E-state index contributed by atoms with van der Waals surface area (Å²) in [6.07, 6.45) is -0.299. The molecule has 0 radical (unpaired) electrons. The van der Waals surface area contributed by atoms with Gasteiger partial charge in [0.1, 0.15) is 5.60 Å². The lowest BCUT2D eigenvalue weighted by Gasteiger charge is -2.41. The molecule has 0 bridgehead atoms. The van der Waals surface area contributed by atoms with Crippen LogP contribution in [0.1, 0.15) is 38.1 Å². The summed E-state index contributed by atoms with van der Waals surface area (Å²) in [4.78, 5) is 28.0. The number of nitrogens with two attached hydrogens (primary N) is 1. The summed E-state index contributed by atoms with van der Waals surface area (Å²) in [5.41, 5.74) is 6.96. The molecular weight excluding hydrogens is 322 g/mol. The monoisotopic (exact) mass is 349 g/mol. The Bertz CT molecular complexity index is 654. The van der Waals surface area contributed by atoms with E-state index in [4.69, 9.17) is 15.2 Å². The summed E-state index contributed by atoms with van der Waals surface area (Å²) in [7, 11) is 1.33. The molecule has 7 heteroatoms. The van der Waals surface area contributed by atoms with Gasteiger partial charge < -0.3 is 25.0 Å². The lowest BCUT2D eigenvalue weighted by molar-refractivity contribution is 0.0159. The third-order valence-electron chi connectivity index (χ3n) is 4.06. The van der Waals surface area contributed by atoms with Crippen LogP contribution in [0.2, 0.25) is 0 Å². The predicted molar refractivity (Wildman–Crippen MR) is 96.8 cm³/mol. The van der Waals surface area contributed by atoms with E-state index >= 15 is 0 Å². The highest BCUT2D eigenvalue weighted by Crippen LogP contribution is 2.25. The van der Waals surface area contributed by atoms with E-state index < -0.39 is 11.6 Å². The van der Waals surface area contributed by atoms with E-state index in [1.54, 1.807) is 17.0 Å². The highest BCUT2D eigenvalue weighted by molar-refractivity contribution is 5.96. The van der Waals surface area contributed by atoms with Gasteiger partial charge in [-0.3, -0.25) is 0 Å². The molecule has 7 nitrogen and oxygen atoms in total. The smallest absolute Gasteiger partial charge is 0.410 e. The molecule has 1 aliphatic rings. The number of methoxy groups -OCH3 is 1. The number of amides is 1. The van der Waals surface area contributed by atoms with Crippen molar-refractivity contribution in [3.8, 4) is 0 Å². The Labute approximate surface area is 148 Å². The van der Waals surface area contributed by atoms with Crippen LogP contribution in [-0.4, -0.2) is 55.3 Å². The van der Waals surface area contributed by atoms with Gasteiger partial charge in [0.2, 0.25) is 0 Å². The third kappa shape index (κ3) is 4.55. The molecule has 1 aromatic carbocycles. The molecule has 1 amide bonds. The van der Waals surface area contributed by atoms with Crippen LogP contribution in [0.4, 0.5) is 16.2 Å². The second-order valence-corrected chi connectivity index (χ2v) is 7.23. The molecule has 0 saturated carbocycles. The molecule has 1 aliphatic heterocycles. The fourth-order valence-electron chi connectivity index (χ4n) is 2.81. The number of nitrogen functional groups attached to an aromatic ring is 1. The highest BCUT2D eigenvalue weighted by Gasteiger charge is 2.31. The van der Waals surface area contributed by atoms with Crippen molar-refractivity contribution in [3.63, 3.8) is 0 Å². The molecule has 1 saturated heterocycles. The van der Waals surface area contributed by atoms with Gasteiger partial charge in [-0.05, 0) is 45.9 Å². The summed E-state index contributed by atoms with van der Waals surface area (Å²) >= 11 is 0. The topological polar surface area (TPSA) is 85.1 Å². The minimum Gasteiger partial charge on any atom is -0.465 e. The molecule has 1 fully saturated rings. The zero-order valence-electron chi connectivity index (χ0n) is 15.5. The standard InChI is InChI=1S/C18H27N3O4/c1-12-11-20(8-9-21(12)17(23)25-18(2,3)4)13-6-7-15(19)14(10-13)16(22)24-5/h6-7,10,12H,8-9,11,19H2,1-5H3/t12-/m0/s1. The first-order chi connectivity index (χ1) is 11.6. The summed E-state index contributed by atoms with van der Waals surface area (Å²) in [6, 6.07) is 5.30. The van der Waals surface area contributed by atoms with Gasteiger partial charge in [0.05, 0.1) is 12.7 Å². The Morgan fingerprint density at radius 3 is 2.48 bits per heavy atom. The van der Waals surface area contributed by atoms with E-state index in [1.807, 2.05) is 33.8 Å². The quantitative estimate of drug-likeness (QED) is 0.652. The lowest BCUT2D eigenvalue weighted by atomic mass is 10.1. The number of benzene rings is 1. The molecular formula is C18H27N3O4.